The van der Waals surface area contributed by atoms with Crippen molar-refractivity contribution >= 4 is 11.9 Å². The van der Waals surface area contributed by atoms with Gasteiger partial charge in [0.25, 0.3) is 0 Å². The van der Waals surface area contributed by atoms with Crippen LogP contribution in [0, 0.1) is 11.3 Å². The zero-order chi connectivity index (χ0) is 20.1. The number of hydrogen-bond acceptors (Lipinski definition) is 5. The first-order valence-electron chi connectivity index (χ1n) is 10.6. The molecule has 0 aromatic rings. The van der Waals surface area contributed by atoms with Gasteiger partial charge in [-0.25, -0.2) is 0 Å². The van der Waals surface area contributed by atoms with E-state index in [1.807, 2.05) is 0 Å². The summed E-state index contributed by atoms with van der Waals surface area (Å²) in [5.74, 6) is 1.67. The third-order valence-corrected chi connectivity index (χ3v) is 6.36. The molecule has 28 heavy (non-hydrogen) atoms. The molecule has 2 aliphatic heterocycles. The molecule has 1 saturated carbocycles. The zero-order valence-electron chi connectivity index (χ0n) is 17.9. The molecule has 3 aliphatic rings. The third-order valence-electron chi connectivity index (χ3n) is 6.36. The van der Waals surface area contributed by atoms with E-state index in [2.05, 4.69) is 41.2 Å². The first-order chi connectivity index (χ1) is 13.5. The largest absolute Gasteiger partial charge is 0.383 e. The molecule has 0 radical (unpaired) electrons. The van der Waals surface area contributed by atoms with E-state index in [9.17, 15) is 4.79 Å². The highest BCUT2D eigenvalue weighted by Crippen LogP contribution is 2.52. The normalized spacial score (nSPS) is 29.9. The Hall–Kier alpha value is -1.38. The number of piperazine rings is 1. The summed E-state index contributed by atoms with van der Waals surface area (Å²) < 4.78 is 10.9. The van der Waals surface area contributed by atoms with Crippen molar-refractivity contribution in [1.29, 1.82) is 0 Å². The lowest BCUT2D eigenvalue weighted by molar-refractivity contribution is -0.122. The first kappa shape index (κ1) is 21.3. The van der Waals surface area contributed by atoms with Gasteiger partial charge in [0.2, 0.25) is 5.91 Å². The third kappa shape index (κ3) is 4.60. The molecule has 2 heterocycles. The van der Waals surface area contributed by atoms with Crippen molar-refractivity contribution in [3.63, 3.8) is 0 Å². The number of guanidine groups is 1. The Balaban J connectivity index is 1.49. The topological polar surface area (TPSA) is 78.4 Å². The Morgan fingerprint density at radius 1 is 1.29 bits per heavy atom. The number of hydrogen-bond donors (Lipinski definition) is 2. The number of nitrogens with one attached hydrogen (secondary N) is 2. The van der Waals surface area contributed by atoms with E-state index in [-0.39, 0.29) is 11.3 Å². The second kappa shape index (κ2) is 9.41. The van der Waals surface area contributed by atoms with Gasteiger partial charge in [-0.1, -0.05) is 13.8 Å². The van der Waals surface area contributed by atoms with Gasteiger partial charge in [-0.2, -0.15) is 0 Å². The van der Waals surface area contributed by atoms with Crippen LogP contribution in [-0.2, 0) is 14.3 Å². The highest BCUT2D eigenvalue weighted by molar-refractivity contribution is 5.81. The molecule has 3 atom stereocenters. The lowest BCUT2D eigenvalue weighted by Crippen LogP contribution is -2.68. The van der Waals surface area contributed by atoms with Crippen LogP contribution in [0.3, 0.4) is 0 Å². The number of fused-ring (bicyclic) bond motifs is 1. The van der Waals surface area contributed by atoms with E-state index < -0.39 is 0 Å². The molecule has 8 heteroatoms. The predicted octanol–water partition coefficient (Wildman–Crippen LogP) is 0.146. The summed E-state index contributed by atoms with van der Waals surface area (Å²) in [5, 5.41) is 6.65. The molecule has 1 aliphatic carbocycles. The smallest absolute Gasteiger partial charge is 0.234 e. The van der Waals surface area contributed by atoms with Gasteiger partial charge in [0.1, 0.15) is 0 Å². The van der Waals surface area contributed by atoms with Gasteiger partial charge in [0, 0.05) is 70.4 Å². The number of carbonyl (C=O) groups excluding carboxylic acids is 1. The van der Waals surface area contributed by atoms with Crippen molar-refractivity contribution in [3.05, 3.63) is 0 Å². The van der Waals surface area contributed by atoms with E-state index in [0.29, 0.717) is 37.8 Å². The average molecular weight is 396 g/mol. The summed E-state index contributed by atoms with van der Waals surface area (Å²) in [6.45, 7) is 13.4. The fourth-order valence-electron chi connectivity index (χ4n) is 4.81. The molecule has 2 saturated heterocycles. The van der Waals surface area contributed by atoms with Crippen LogP contribution in [-0.4, -0.2) is 99.9 Å². The van der Waals surface area contributed by atoms with Gasteiger partial charge in [-0.3, -0.25) is 14.7 Å². The van der Waals surface area contributed by atoms with Gasteiger partial charge < -0.3 is 25.0 Å². The van der Waals surface area contributed by atoms with Crippen LogP contribution in [0.15, 0.2) is 4.99 Å². The summed E-state index contributed by atoms with van der Waals surface area (Å²) >= 11 is 0. The zero-order valence-corrected chi connectivity index (χ0v) is 17.9. The van der Waals surface area contributed by atoms with E-state index in [1.165, 1.54) is 0 Å². The lowest BCUT2D eigenvalue weighted by Gasteiger charge is -2.55. The Morgan fingerprint density at radius 2 is 2.04 bits per heavy atom. The second-order valence-corrected chi connectivity index (χ2v) is 8.59. The van der Waals surface area contributed by atoms with Gasteiger partial charge in [0.15, 0.2) is 5.96 Å². The Labute approximate surface area is 169 Å². The Kier molecular flexibility index (Phi) is 7.17. The van der Waals surface area contributed by atoms with Crippen molar-refractivity contribution < 1.29 is 14.3 Å². The maximum absolute atomic E-state index is 12.0. The average Bonchev–Trinajstić information content (AvgIpc) is 3.13. The van der Waals surface area contributed by atoms with Crippen LogP contribution in [0.5, 0.6) is 0 Å². The summed E-state index contributed by atoms with van der Waals surface area (Å²) in [5.41, 5.74) is 0.137. The first-order valence-corrected chi connectivity index (χ1v) is 10.6. The summed E-state index contributed by atoms with van der Waals surface area (Å²) in [4.78, 5) is 21.3. The fourth-order valence-corrected chi connectivity index (χ4v) is 4.81. The van der Waals surface area contributed by atoms with Crippen LogP contribution in [0.25, 0.3) is 0 Å². The predicted molar refractivity (Wildman–Crippen MR) is 109 cm³/mol. The number of aliphatic imine (C=N–C) groups is 1. The number of carbonyl (C=O) groups is 1. The minimum Gasteiger partial charge on any atom is -0.383 e. The van der Waals surface area contributed by atoms with Gasteiger partial charge in [0.05, 0.1) is 19.3 Å². The van der Waals surface area contributed by atoms with Gasteiger partial charge in [-0.15, -0.1) is 0 Å². The summed E-state index contributed by atoms with van der Waals surface area (Å²) in [6, 6.07) is 0.412. The van der Waals surface area contributed by atoms with E-state index in [4.69, 9.17) is 14.5 Å². The van der Waals surface area contributed by atoms with Crippen LogP contribution in [0.1, 0.15) is 27.2 Å². The van der Waals surface area contributed by atoms with Crippen molar-refractivity contribution in [3.8, 4) is 0 Å². The van der Waals surface area contributed by atoms with Crippen LogP contribution < -0.4 is 10.6 Å². The molecule has 1 amide bonds. The maximum atomic E-state index is 12.0. The number of nitrogens with zero attached hydrogens (tertiary/aromatic N) is 3. The molecule has 0 aromatic heterocycles. The monoisotopic (exact) mass is 395 g/mol. The minimum atomic E-state index is 0.0644. The molecule has 0 spiro atoms. The molecule has 8 nitrogen and oxygen atoms in total. The molecule has 2 N–H and O–H groups in total. The van der Waals surface area contributed by atoms with Gasteiger partial charge in [-0.05, 0) is 13.3 Å². The highest BCUT2D eigenvalue weighted by atomic mass is 16.5. The SMILES string of the molecule is CCN=C(NC1C2CCOC2C1(C)C)N1CCN(CC(=O)NCCOC)CC1. The molecule has 0 bridgehead atoms. The highest BCUT2D eigenvalue weighted by Gasteiger charge is 2.59. The molecular formula is C20H37N5O3. The number of amides is 1. The number of ether oxygens (including phenoxy) is 2. The van der Waals surface area contributed by atoms with Crippen molar-refractivity contribution in [1.82, 2.24) is 20.4 Å². The number of methoxy groups -OCH3 is 1. The van der Waals surface area contributed by atoms with Crippen LogP contribution in [0.2, 0.25) is 0 Å². The minimum absolute atomic E-state index is 0.0644. The van der Waals surface area contributed by atoms with E-state index in [0.717, 1.165) is 51.7 Å². The van der Waals surface area contributed by atoms with E-state index in [1.54, 1.807) is 7.11 Å². The lowest BCUT2D eigenvalue weighted by atomic mass is 9.57. The molecule has 0 aromatic carbocycles. The van der Waals surface area contributed by atoms with Crippen molar-refractivity contribution in [2.45, 2.75) is 39.3 Å². The molecule has 160 valence electrons. The quantitative estimate of drug-likeness (QED) is 0.363. The number of rotatable bonds is 7. The molecule has 3 unspecified atom stereocenters. The van der Waals surface area contributed by atoms with Gasteiger partial charge >= 0.3 is 0 Å². The molecule has 3 fully saturated rings. The maximum Gasteiger partial charge on any atom is 0.234 e. The Bertz CT molecular complexity index is 560. The van der Waals surface area contributed by atoms with Crippen molar-refractivity contribution in [2.24, 2.45) is 16.3 Å². The molecule has 3 rings (SSSR count). The molecular weight excluding hydrogens is 358 g/mol. The summed E-state index contributed by atoms with van der Waals surface area (Å²) in [6.07, 6.45) is 1.51. The van der Waals surface area contributed by atoms with Crippen LogP contribution in [0.4, 0.5) is 0 Å². The summed E-state index contributed by atoms with van der Waals surface area (Å²) in [7, 11) is 1.64. The van der Waals surface area contributed by atoms with Crippen molar-refractivity contribution in [2.75, 3.05) is 66.1 Å². The van der Waals surface area contributed by atoms with Crippen LogP contribution >= 0.6 is 0 Å². The second-order valence-electron chi connectivity index (χ2n) is 8.59. The fraction of sp³-hybridized carbons (Fsp3) is 0.900. The Morgan fingerprint density at radius 3 is 2.71 bits per heavy atom. The standard InChI is InChI=1S/C20H37N5O3/c1-5-21-19(23-17-15-6-12-28-18(15)20(17,2)3)25-10-8-24(9-11-25)14-16(26)22-7-13-27-4/h15,17-18H,5-14H2,1-4H3,(H,21,23)(H,22,26). The van der Waals surface area contributed by atoms with E-state index >= 15 is 0 Å².